The standard InChI is InChI=1S/C30H28S2/c1-4-11-21-16-17-24-25-19-28(31-22-12-7-5-8-13-22)29(32-23-14-9-6-10-15-23)20-27(25)30(2,3)26(24)18-21/h5-10,12-20H,4,11H2,1-3H3. The van der Waals surface area contributed by atoms with E-state index in [4.69, 9.17) is 0 Å². The van der Waals surface area contributed by atoms with Gasteiger partial charge in [0.05, 0.1) is 0 Å². The lowest BCUT2D eigenvalue weighted by Crippen LogP contribution is -2.15. The van der Waals surface area contributed by atoms with Gasteiger partial charge in [0.25, 0.3) is 0 Å². The minimum atomic E-state index is 0.0103. The summed E-state index contributed by atoms with van der Waals surface area (Å²) in [6, 6.07) is 33.5. The van der Waals surface area contributed by atoms with Crippen LogP contribution in [0.15, 0.2) is 111 Å². The topological polar surface area (TPSA) is 0 Å². The van der Waals surface area contributed by atoms with Crippen molar-refractivity contribution in [1.82, 2.24) is 0 Å². The molecular formula is C30H28S2. The molecule has 0 atom stereocenters. The van der Waals surface area contributed by atoms with Crippen LogP contribution in [0.3, 0.4) is 0 Å². The van der Waals surface area contributed by atoms with E-state index in [-0.39, 0.29) is 5.41 Å². The van der Waals surface area contributed by atoms with Crippen molar-refractivity contribution < 1.29 is 0 Å². The second kappa shape index (κ2) is 8.84. The molecule has 4 aromatic rings. The van der Waals surface area contributed by atoms with Crippen LogP contribution in [0.5, 0.6) is 0 Å². The molecule has 0 aromatic heterocycles. The highest BCUT2D eigenvalue weighted by atomic mass is 32.2. The highest BCUT2D eigenvalue weighted by Crippen LogP contribution is 2.53. The first kappa shape index (κ1) is 21.4. The molecule has 1 aliphatic carbocycles. The van der Waals surface area contributed by atoms with Crippen LogP contribution < -0.4 is 0 Å². The molecule has 0 saturated heterocycles. The van der Waals surface area contributed by atoms with Crippen LogP contribution >= 0.6 is 23.5 Å². The van der Waals surface area contributed by atoms with E-state index >= 15 is 0 Å². The molecule has 0 bridgehead atoms. The molecule has 0 fully saturated rings. The molecule has 5 rings (SSSR count). The summed E-state index contributed by atoms with van der Waals surface area (Å²) in [6.07, 6.45) is 2.33. The van der Waals surface area contributed by atoms with Crippen molar-refractivity contribution in [2.45, 2.75) is 58.6 Å². The summed E-state index contributed by atoms with van der Waals surface area (Å²) in [5, 5.41) is 0. The predicted octanol–water partition coefficient (Wildman–Crippen LogP) is 9.25. The monoisotopic (exact) mass is 452 g/mol. The molecule has 0 unspecified atom stereocenters. The van der Waals surface area contributed by atoms with Gasteiger partial charge in [-0.25, -0.2) is 0 Å². The van der Waals surface area contributed by atoms with Gasteiger partial charge in [-0.3, -0.25) is 0 Å². The normalized spacial score (nSPS) is 13.6. The highest BCUT2D eigenvalue weighted by Gasteiger charge is 2.36. The van der Waals surface area contributed by atoms with Crippen LogP contribution in [0, 0.1) is 0 Å². The van der Waals surface area contributed by atoms with E-state index in [9.17, 15) is 0 Å². The van der Waals surface area contributed by atoms with Gasteiger partial charge in [0.15, 0.2) is 0 Å². The quantitative estimate of drug-likeness (QED) is 0.286. The highest BCUT2D eigenvalue weighted by molar-refractivity contribution is 8.02. The molecule has 4 aromatic carbocycles. The Morgan fingerprint density at radius 1 is 0.625 bits per heavy atom. The van der Waals surface area contributed by atoms with Crippen LogP contribution in [0.25, 0.3) is 11.1 Å². The molecule has 0 radical (unpaired) electrons. The molecule has 2 heteroatoms. The van der Waals surface area contributed by atoms with Gasteiger partial charge in [-0.05, 0) is 70.6 Å². The minimum Gasteiger partial charge on any atom is -0.0889 e. The zero-order valence-electron chi connectivity index (χ0n) is 18.9. The maximum Gasteiger partial charge on any atom is 0.0268 e. The van der Waals surface area contributed by atoms with E-state index in [2.05, 4.69) is 112 Å². The van der Waals surface area contributed by atoms with E-state index < -0.39 is 0 Å². The summed E-state index contributed by atoms with van der Waals surface area (Å²) in [6.45, 7) is 7.02. The lowest BCUT2D eigenvalue weighted by molar-refractivity contribution is 0.656. The van der Waals surface area contributed by atoms with Crippen molar-refractivity contribution in [2.75, 3.05) is 0 Å². The first-order valence-electron chi connectivity index (χ1n) is 11.3. The van der Waals surface area contributed by atoms with Gasteiger partial charge in [0.2, 0.25) is 0 Å². The first-order valence-corrected chi connectivity index (χ1v) is 13.0. The Bertz CT molecular complexity index is 1240. The predicted molar refractivity (Wildman–Crippen MR) is 139 cm³/mol. The number of hydrogen-bond acceptors (Lipinski definition) is 2. The number of aryl methyl sites for hydroxylation is 1. The van der Waals surface area contributed by atoms with E-state index in [1.165, 1.54) is 53.8 Å². The third-order valence-electron chi connectivity index (χ3n) is 6.29. The van der Waals surface area contributed by atoms with Crippen molar-refractivity contribution >= 4 is 23.5 Å². The molecule has 0 spiro atoms. The molecule has 0 saturated carbocycles. The molecule has 32 heavy (non-hydrogen) atoms. The maximum absolute atomic E-state index is 2.46. The third-order valence-corrected chi connectivity index (χ3v) is 8.55. The molecule has 0 N–H and O–H groups in total. The zero-order valence-corrected chi connectivity index (χ0v) is 20.5. The average molecular weight is 453 g/mol. The van der Waals surface area contributed by atoms with Crippen LogP contribution in [0.1, 0.15) is 43.9 Å². The fourth-order valence-corrected chi connectivity index (χ4v) is 6.64. The van der Waals surface area contributed by atoms with Crippen LogP contribution in [-0.4, -0.2) is 0 Å². The molecule has 1 aliphatic rings. The van der Waals surface area contributed by atoms with Gasteiger partial charge in [0, 0.05) is 25.0 Å². The van der Waals surface area contributed by atoms with Crippen LogP contribution in [0.4, 0.5) is 0 Å². The van der Waals surface area contributed by atoms with Crippen molar-refractivity contribution in [1.29, 1.82) is 0 Å². The Hall–Kier alpha value is -2.42. The van der Waals surface area contributed by atoms with E-state index in [1.807, 2.05) is 23.5 Å². The second-order valence-electron chi connectivity index (χ2n) is 8.93. The fourth-order valence-electron chi connectivity index (χ4n) is 4.62. The molecule has 0 nitrogen and oxygen atoms in total. The smallest absolute Gasteiger partial charge is 0.0268 e. The van der Waals surface area contributed by atoms with E-state index in [0.29, 0.717) is 0 Å². The Morgan fingerprint density at radius 3 is 1.78 bits per heavy atom. The minimum absolute atomic E-state index is 0.0103. The largest absolute Gasteiger partial charge is 0.0889 e. The summed E-state index contributed by atoms with van der Waals surface area (Å²) in [5.74, 6) is 0. The Morgan fingerprint density at radius 2 is 1.19 bits per heavy atom. The third kappa shape index (κ3) is 4.02. The number of hydrogen-bond donors (Lipinski definition) is 0. The summed E-state index contributed by atoms with van der Waals surface area (Å²) >= 11 is 3.73. The molecule has 0 amide bonds. The summed E-state index contributed by atoms with van der Waals surface area (Å²) < 4.78 is 0. The Labute approximate surface area is 200 Å². The molecule has 0 aliphatic heterocycles. The van der Waals surface area contributed by atoms with Gasteiger partial charge in [-0.2, -0.15) is 0 Å². The van der Waals surface area contributed by atoms with Crippen molar-refractivity contribution in [3.63, 3.8) is 0 Å². The van der Waals surface area contributed by atoms with E-state index in [0.717, 1.165) is 6.42 Å². The van der Waals surface area contributed by atoms with Gasteiger partial charge < -0.3 is 0 Å². The van der Waals surface area contributed by atoms with Gasteiger partial charge in [-0.15, -0.1) is 0 Å². The summed E-state index contributed by atoms with van der Waals surface area (Å²) in [7, 11) is 0. The van der Waals surface area contributed by atoms with Crippen molar-refractivity contribution in [2.24, 2.45) is 0 Å². The van der Waals surface area contributed by atoms with Crippen molar-refractivity contribution in [3.05, 3.63) is 108 Å². The van der Waals surface area contributed by atoms with E-state index in [1.54, 1.807) is 0 Å². The summed E-state index contributed by atoms with van der Waals surface area (Å²) in [5.41, 5.74) is 7.16. The van der Waals surface area contributed by atoms with Gasteiger partial charge in [-0.1, -0.05) is 105 Å². The van der Waals surface area contributed by atoms with Gasteiger partial charge >= 0.3 is 0 Å². The molecular weight excluding hydrogens is 424 g/mol. The maximum atomic E-state index is 2.46. The molecule has 160 valence electrons. The molecule has 0 heterocycles. The first-order chi connectivity index (χ1) is 15.6. The van der Waals surface area contributed by atoms with Crippen LogP contribution in [0.2, 0.25) is 0 Å². The number of rotatable bonds is 6. The number of benzene rings is 4. The Kier molecular flexibility index (Phi) is 5.92. The SMILES string of the molecule is CCCc1ccc2c(c1)C(C)(C)c1cc(Sc3ccccc3)c(Sc3ccccc3)cc1-2. The fraction of sp³-hybridized carbons (Fsp3) is 0.200. The van der Waals surface area contributed by atoms with Crippen LogP contribution in [-0.2, 0) is 11.8 Å². The zero-order chi connectivity index (χ0) is 22.1. The lowest BCUT2D eigenvalue weighted by atomic mass is 9.82. The second-order valence-corrected chi connectivity index (χ2v) is 11.2. The lowest BCUT2D eigenvalue weighted by Gasteiger charge is -2.23. The number of fused-ring (bicyclic) bond motifs is 3. The Balaban J connectivity index is 1.64. The van der Waals surface area contributed by atoms with Crippen molar-refractivity contribution in [3.8, 4) is 11.1 Å². The average Bonchev–Trinajstić information content (AvgIpc) is 3.02. The summed E-state index contributed by atoms with van der Waals surface area (Å²) in [4.78, 5) is 5.21. The van der Waals surface area contributed by atoms with Gasteiger partial charge in [0.1, 0.15) is 0 Å².